The van der Waals surface area contributed by atoms with Gasteiger partial charge >= 0.3 is 0 Å². The van der Waals surface area contributed by atoms with Crippen LogP contribution >= 0.6 is 0 Å². The van der Waals surface area contributed by atoms with Gasteiger partial charge in [-0.05, 0) is 26.2 Å². The number of hydrogen-bond acceptors (Lipinski definition) is 3. The van der Waals surface area contributed by atoms with E-state index in [1.807, 2.05) is 13.1 Å². The van der Waals surface area contributed by atoms with Crippen molar-refractivity contribution in [1.82, 2.24) is 15.1 Å². The first-order chi connectivity index (χ1) is 7.18. The van der Waals surface area contributed by atoms with Crippen LogP contribution in [-0.2, 0) is 4.79 Å². The van der Waals surface area contributed by atoms with Crippen molar-refractivity contribution in [1.29, 1.82) is 0 Å². The Bertz CT molecular complexity index is 352. The van der Waals surface area contributed by atoms with Crippen molar-refractivity contribution in [3.63, 3.8) is 0 Å². The van der Waals surface area contributed by atoms with Gasteiger partial charge < -0.3 is 11.1 Å². The molecular weight excluding hydrogens is 192 g/mol. The molecule has 1 unspecified atom stereocenters. The minimum absolute atomic E-state index is 0.0509. The normalized spacial score (nSPS) is 22.2. The molecule has 82 valence electrons. The van der Waals surface area contributed by atoms with Crippen molar-refractivity contribution in [3.8, 4) is 0 Å². The third kappa shape index (κ3) is 1.95. The molecule has 5 heteroatoms. The SMILES string of the molecule is Cc1cn(C2CCCCNC2=O)nc1N. The second-order valence-corrected chi connectivity index (χ2v) is 3.98. The van der Waals surface area contributed by atoms with Crippen LogP contribution in [0.15, 0.2) is 6.20 Å². The number of nitrogens with zero attached hydrogens (tertiary/aromatic N) is 2. The van der Waals surface area contributed by atoms with Crippen molar-refractivity contribution >= 4 is 11.7 Å². The van der Waals surface area contributed by atoms with Gasteiger partial charge in [0.1, 0.15) is 11.9 Å². The molecule has 1 fully saturated rings. The van der Waals surface area contributed by atoms with E-state index in [0.29, 0.717) is 5.82 Å². The number of nitrogens with one attached hydrogen (secondary N) is 1. The van der Waals surface area contributed by atoms with Crippen LogP contribution in [0.5, 0.6) is 0 Å². The zero-order valence-corrected chi connectivity index (χ0v) is 8.86. The lowest BCUT2D eigenvalue weighted by Crippen LogP contribution is -2.31. The van der Waals surface area contributed by atoms with E-state index in [-0.39, 0.29) is 11.9 Å². The van der Waals surface area contributed by atoms with E-state index in [1.54, 1.807) is 4.68 Å². The fourth-order valence-corrected chi connectivity index (χ4v) is 1.83. The predicted octanol–water partition coefficient (Wildman–Crippen LogP) is 0.615. The smallest absolute Gasteiger partial charge is 0.244 e. The molecule has 0 spiro atoms. The summed E-state index contributed by atoms with van der Waals surface area (Å²) in [6, 6.07) is -0.191. The van der Waals surface area contributed by atoms with Crippen molar-refractivity contribution in [2.45, 2.75) is 32.2 Å². The fraction of sp³-hybridized carbons (Fsp3) is 0.600. The summed E-state index contributed by atoms with van der Waals surface area (Å²) >= 11 is 0. The zero-order valence-electron chi connectivity index (χ0n) is 8.86. The van der Waals surface area contributed by atoms with Crippen molar-refractivity contribution < 1.29 is 4.79 Å². The van der Waals surface area contributed by atoms with Gasteiger partial charge in [0.25, 0.3) is 0 Å². The van der Waals surface area contributed by atoms with Crippen LogP contribution in [0.3, 0.4) is 0 Å². The first-order valence-electron chi connectivity index (χ1n) is 5.27. The summed E-state index contributed by atoms with van der Waals surface area (Å²) < 4.78 is 1.69. The average molecular weight is 208 g/mol. The maximum Gasteiger partial charge on any atom is 0.244 e. The highest BCUT2D eigenvalue weighted by atomic mass is 16.2. The molecule has 5 nitrogen and oxygen atoms in total. The summed E-state index contributed by atoms with van der Waals surface area (Å²) in [5.41, 5.74) is 6.59. The summed E-state index contributed by atoms with van der Waals surface area (Å²) in [7, 11) is 0. The second-order valence-electron chi connectivity index (χ2n) is 3.98. The summed E-state index contributed by atoms with van der Waals surface area (Å²) in [6.07, 6.45) is 4.76. The molecule has 1 saturated heterocycles. The number of rotatable bonds is 1. The van der Waals surface area contributed by atoms with Crippen molar-refractivity contribution in [2.75, 3.05) is 12.3 Å². The van der Waals surface area contributed by atoms with Crippen LogP contribution < -0.4 is 11.1 Å². The maximum atomic E-state index is 11.7. The summed E-state index contributed by atoms with van der Waals surface area (Å²) in [6.45, 7) is 2.67. The van der Waals surface area contributed by atoms with Crippen LogP contribution in [0, 0.1) is 6.92 Å². The van der Waals surface area contributed by atoms with E-state index >= 15 is 0 Å². The van der Waals surface area contributed by atoms with Gasteiger partial charge in [-0.3, -0.25) is 9.48 Å². The minimum atomic E-state index is -0.191. The molecule has 0 saturated carbocycles. The van der Waals surface area contributed by atoms with Crippen LogP contribution in [-0.4, -0.2) is 22.2 Å². The lowest BCUT2D eigenvalue weighted by Gasteiger charge is -2.12. The van der Waals surface area contributed by atoms with Gasteiger partial charge in [0.2, 0.25) is 5.91 Å². The Morgan fingerprint density at radius 1 is 1.60 bits per heavy atom. The Labute approximate surface area is 88.6 Å². The highest BCUT2D eigenvalue weighted by Gasteiger charge is 2.23. The summed E-state index contributed by atoms with van der Waals surface area (Å²) in [5.74, 6) is 0.557. The molecule has 1 atom stereocenters. The lowest BCUT2D eigenvalue weighted by atomic mass is 10.1. The van der Waals surface area contributed by atoms with E-state index in [4.69, 9.17) is 5.73 Å². The Morgan fingerprint density at radius 2 is 2.40 bits per heavy atom. The highest BCUT2D eigenvalue weighted by molar-refractivity contribution is 5.80. The second kappa shape index (κ2) is 3.92. The number of hydrogen-bond donors (Lipinski definition) is 2. The number of aromatic nitrogens is 2. The molecule has 0 radical (unpaired) electrons. The molecule has 0 bridgehead atoms. The third-order valence-corrected chi connectivity index (χ3v) is 2.78. The Morgan fingerprint density at radius 3 is 3.07 bits per heavy atom. The van der Waals surface area contributed by atoms with Crippen LogP contribution in [0.1, 0.15) is 30.9 Å². The molecular formula is C10H16N4O. The largest absolute Gasteiger partial charge is 0.382 e. The van der Waals surface area contributed by atoms with Gasteiger partial charge in [-0.25, -0.2) is 0 Å². The Kier molecular flexibility index (Phi) is 2.62. The molecule has 0 aromatic carbocycles. The van der Waals surface area contributed by atoms with E-state index in [0.717, 1.165) is 31.4 Å². The fourth-order valence-electron chi connectivity index (χ4n) is 1.83. The minimum Gasteiger partial charge on any atom is -0.382 e. The molecule has 1 aromatic heterocycles. The number of carbonyl (C=O) groups excluding carboxylic acids is 1. The molecule has 1 aromatic rings. The van der Waals surface area contributed by atoms with Crippen molar-refractivity contribution in [3.05, 3.63) is 11.8 Å². The molecule has 2 heterocycles. The number of carbonyl (C=O) groups is 1. The van der Waals surface area contributed by atoms with E-state index in [2.05, 4.69) is 10.4 Å². The number of nitrogen functional groups attached to an aromatic ring is 1. The number of nitrogens with two attached hydrogens (primary N) is 1. The van der Waals surface area contributed by atoms with Crippen LogP contribution in [0.2, 0.25) is 0 Å². The number of amides is 1. The maximum absolute atomic E-state index is 11.7. The standard InChI is InChI=1S/C10H16N4O/c1-7-6-14(13-9(7)11)8-4-2-3-5-12-10(8)15/h6,8H,2-5H2,1H3,(H2,11,13)(H,12,15). The molecule has 1 aliphatic heterocycles. The van der Waals surface area contributed by atoms with Crippen LogP contribution in [0.25, 0.3) is 0 Å². The molecule has 1 amide bonds. The van der Waals surface area contributed by atoms with Gasteiger partial charge in [-0.15, -0.1) is 0 Å². The first kappa shape index (κ1) is 10.0. The van der Waals surface area contributed by atoms with Gasteiger partial charge in [0.15, 0.2) is 0 Å². The average Bonchev–Trinajstić information content (AvgIpc) is 2.41. The van der Waals surface area contributed by atoms with Crippen LogP contribution in [0.4, 0.5) is 5.82 Å². The first-order valence-corrected chi connectivity index (χ1v) is 5.27. The third-order valence-electron chi connectivity index (χ3n) is 2.78. The summed E-state index contributed by atoms with van der Waals surface area (Å²) in [4.78, 5) is 11.7. The van der Waals surface area contributed by atoms with Gasteiger partial charge in [-0.1, -0.05) is 0 Å². The van der Waals surface area contributed by atoms with Gasteiger partial charge in [0, 0.05) is 18.3 Å². The molecule has 0 aliphatic carbocycles. The van der Waals surface area contributed by atoms with Gasteiger partial charge in [0.05, 0.1) is 0 Å². The highest BCUT2D eigenvalue weighted by Crippen LogP contribution is 2.19. The molecule has 3 N–H and O–H groups in total. The number of aryl methyl sites for hydroxylation is 1. The van der Waals surface area contributed by atoms with E-state index < -0.39 is 0 Å². The Hall–Kier alpha value is -1.52. The Balaban J connectivity index is 2.24. The van der Waals surface area contributed by atoms with Crippen molar-refractivity contribution in [2.24, 2.45) is 0 Å². The predicted molar refractivity (Wildman–Crippen MR) is 57.3 cm³/mol. The molecule has 2 rings (SSSR count). The van der Waals surface area contributed by atoms with E-state index in [9.17, 15) is 4.79 Å². The number of anilines is 1. The quantitative estimate of drug-likeness (QED) is 0.710. The monoisotopic (exact) mass is 208 g/mol. The van der Waals surface area contributed by atoms with E-state index in [1.165, 1.54) is 0 Å². The topological polar surface area (TPSA) is 72.9 Å². The van der Waals surface area contributed by atoms with Gasteiger partial charge in [-0.2, -0.15) is 5.10 Å². The molecule has 15 heavy (non-hydrogen) atoms. The summed E-state index contributed by atoms with van der Waals surface area (Å²) in [5, 5.41) is 7.04. The zero-order chi connectivity index (χ0) is 10.8. The lowest BCUT2D eigenvalue weighted by molar-refractivity contribution is -0.124. The molecule has 1 aliphatic rings.